The second kappa shape index (κ2) is 6.33. The maximum Gasteiger partial charge on any atom is -0.0269 e. The molecule has 0 nitrogen and oxygen atoms in total. The van der Waals surface area contributed by atoms with Crippen molar-refractivity contribution in [1.29, 1.82) is 0 Å². The average Bonchev–Trinajstić information content (AvgIpc) is 2.54. The third-order valence-corrected chi connectivity index (χ3v) is 6.37. The Kier molecular flexibility index (Phi) is 4.48. The van der Waals surface area contributed by atoms with E-state index in [-0.39, 0.29) is 0 Å². The number of hydrogen-bond donors (Lipinski definition) is 0. The molecule has 4 rings (SSSR count). The summed E-state index contributed by atoms with van der Waals surface area (Å²) in [5.74, 6) is 2.09. The minimum Gasteiger partial charge on any atom is -0.0651 e. The van der Waals surface area contributed by atoms with Gasteiger partial charge in [0.05, 0.1) is 0 Å². The third-order valence-electron chi connectivity index (χ3n) is 6.37. The number of benzene rings is 1. The highest BCUT2D eigenvalue weighted by Gasteiger charge is 2.44. The molecule has 0 aromatic heterocycles. The molecule has 20 heavy (non-hydrogen) atoms. The van der Waals surface area contributed by atoms with Crippen LogP contribution in [-0.4, -0.2) is 0 Å². The third kappa shape index (κ3) is 2.95. The number of rotatable bonds is 6. The van der Waals surface area contributed by atoms with Crippen molar-refractivity contribution in [2.75, 3.05) is 0 Å². The van der Waals surface area contributed by atoms with E-state index in [1.807, 2.05) is 0 Å². The van der Waals surface area contributed by atoms with E-state index in [9.17, 15) is 0 Å². The molecule has 1 atom stereocenters. The number of fused-ring (bicyclic) bond motifs is 3. The molecule has 1 unspecified atom stereocenters. The summed E-state index contributed by atoms with van der Waals surface area (Å²) in [5, 5.41) is 0. The lowest BCUT2D eigenvalue weighted by molar-refractivity contribution is 0.00142. The standard InChI is InChI=1S/C20H30/c1-2-19(10-6-9-17-7-4-3-5-8-17)20-14-11-18(12-15-20)13-16-20/h3-5,7-8,18-19H,2,6,9-16H2,1H3. The van der Waals surface area contributed by atoms with E-state index in [1.165, 1.54) is 50.5 Å². The Balaban J connectivity index is 1.54. The van der Waals surface area contributed by atoms with Gasteiger partial charge in [0, 0.05) is 0 Å². The monoisotopic (exact) mass is 270 g/mol. The first-order chi connectivity index (χ1) is 9.82. The van der Waals surface area contributed by atoms with Gasteiger partial charge >= 0.3 is 0 Å². The summed E-state index contributed by atoms with van der Waals surface area (Å²) in [6.45, 7) is 2.43. The lowest BCUT2D eigenvalue weighted by Crippen LogP contribution is -2.39. The lowest BCUT2D eigenvalue weighted by atomic mass is 9.54. The van der Waals surface area contributed by atoms with Crippen LogP contribution in [0.3, 0.4) is 0 Å². The van der Waals surface area contributed by atoms with Gasteiger partial charge in [-0.3, -0.25) is 0 Å². The molecule has 0 saturated heterocycles. The highest BCUT2D eigenvalue weighted by molar-refractivity contribution is 5.14. The van der Waals surface area contributed by atoms with Crippen molar-refractivity contribution in [3.05, 3.63) is 35.9 Å². The number of hydrogen-bond acceptors (Lipinski definition) is 0. The molecule has 0 aliphatic heterocycles. The zero-order chi connectivity index (χ0) is 13.8. The Morgan fingerprint density at radius 2 is 1.70 bits per heavy atom. The zero-order valence-electron chi connectivity index (χ0n) is 13.1. The summed E-state index contributed by atoms with van der Waals surface area (Å²) in [7, 11) is 0. The van der Waals surface area contributed by atoms with Crippen molar-refractivity contribution in [1.82, 2.24) is 0 Å². The van der Waals surface area contributed by atoms with Crippen LogP contribution in [0.15, 0.2) is 30.3 Å². The Morgan fingerprint density at radius 3 is 2.30 bits per heavy atom. The van der Waals surface area contributed by atoms with Crippen molar-refractivity contribution in [3.63, 3.8) is 0 Å². The van der Waals surface area contributed by atoms with Gasteiger partial charge in [-0.2, -0.15) is 0 Å². The fraction of sp³-hybridized carbons (Fsp3) is 0.700. The van der Waals surface area contributed by atoms with Gasteiger partial charge in [-0.15, -0.1) is 0 Å². The van der Waals surface area contributed by atoms with Crippen LogP contribution in [0.1, 0.15) is 70.3 Å². The van der Waals surface area contributed by atoms with Crippen LogP contribution in [0.4, 0.5) is 0 Å². The number of aryl methyl sites for hydroxylation is 1. The van der Waals surface area contributed by atoms with Gasteiger partial charge in [0.25, 0.3) is 0 Å². The van der Waals surface area contributed by atoms with Crippen LogP contribution in [0.2, 0.25) is 0 Å². The van der Waals surface area contributed by atoms with Crippen molar-refractivity contribution >= 4 is 0 Å². The molecule has 3 aliphatic carbocycles. The van der Waals surface area contributed by atoms with E-state index >= 15 is 0 Å². The molecule has 0 heteroatoms. The maximum absolute atomic E-state index is 2.43. The molecule has 3 saturated carbocycles. The van der Waals surface area contributed by atoms with Crippen molar-refractivity contribution < 1.29 is 0 Å². The van der Waals surface area contributed by atoms with Gasteiger partial charge in [0.1, 0.15) is 0 Å². The predicted octanol–water partition coefficient (Wildman–Crippen LogP) is 6.01. The van der Waals surface area contributed by atoms with E-state index in [0.29, 0.717) is 0 Å². The van der Waals surface area contributed by atoms with Crippen LogP contribution in [-0.2, 0) is 6.42 Å². The minimum absolute atomic E-state index is 0.750. The molecule has 110 valence electrons. The first-order valence-corrected chi connectivity index (χ1v) is 8.86. The lowest BCUT2D eigenvalue weighted by Gasteiger charge is -2.51. The van der Waals surface area contributed by atoms with Crippen molar-refractivity contribution in [2.24, 2.45) is 17.3 Å². The van der Waals surface area contributed by atoms with Gasteiger partial charge in [-0.05, 0) is 80.6 Å². The first kappa shape index (κ1) is 14.2. The van der Waals surface area contributed by atoms with Crippen molar-refractivity contribution in [2.45, 2.75) is 71.1 Å². The fourth-order valence-electron chi connectivity index (χ4n) is 5.04. The van der Waals surface area contributed by atoms with E-state index in [2.05, 4.69) is 37.3 Å². The Bertz CT molecular complexity index is 384. The molecule has 2 bridgehead atoms. The minimum atomic E-state index is 0.750. The van der Waals surface area contributed by atoms with Crippen LogP contribution in [0, 0.1) is 17.3 Å². The summed E-state index contributed by atoms with van der Waals surface area (Å²) in [4.78, 5) is 0. The smallest absolute Gasteiger partial charge is 0.0269 e. The van der Waals surface area contributed by atoms with Gasteiger partial charge in [0.2, 0.25) is 0 Å². The first-order valence-electron chi connectivity index (χ1n) is 8.86. The SMILES string of the molecule is CCC(CCCc1ccccc1)C12CCC(CC1)CC2. The van der Waals surface area contributed by atoms with Gasteiger partial charge in [-0.1, -0.05) is 43.7 Å². The van der Waals surface area contributed by atoms with Gasteiger partial charge < -0.3 is 0 Å². The quantitative estimate of drug-likeness (QED) is 0.594. The van der Waals surface area contributed by atoms with E-state index in [0.717, 1.165) is 17.3 Å². The Morgan fingerprint density at radius 1 is 1.05 bits per heavy atom. The van der Waals surface area contributed by atoms with Crippen LogP contribution < -0.4 is 0 Å². The second-order valence-electron chi connectivity index (χ2n) is 7.33. The van der Waals surface area contributed by atoms with Crippen molar-refractivity contribution in [3.8, 4) is 0 Å². The summed E-state index contributed by atoms with van der Waals surface area (Å²) < 4.78 is 0. The normalized spacial score (nSPS) is 30.4. The Hall–Kier alpha value is -0.780. The molecule has 0 heterocycles. The summed E-state index contributed by atoms with van der Waals surface area (Å²) in [6.07, 6.45) is 14.8. The molecule has 0 N–H and O–H groups in total. The molecule has 3 fully saturated rings. The maximum atomic E-state index is 2.43. The molecule has 0 amide bonds. The highest BCUT2D eigenvalue weighted by atomic mass is 14.5. The fourth-order valence-corrected chi connectivity index (χ4v) is 5.04. The van der Waals surface area contributed by atoms with E-state index in [4.69, 9.17) is 0 Å². The molecular weight excluding hydrogens is 240 g/mol. The highest BCUT2D eigenvalue weighted by Crippen LogP contribution is 2.56. The predicted molar refractivity (Wildman–Crippen MR) is 86.8 cm³/mol. The van der Waals surface area contributed by atoms with Crippen LogP contribution in [0.25, 0.3) is 0 Å². The molecule has 1 aromatic rings. The summed E-state index contributed by atoms with van der Waals surface area (Å²) in [5.41, 5.74) is 2.27. The largest absolute Gasteiger partial charge is 0.0651 e. The van der Waals surface area contributed by atoms with Crippen LogP contribution >= 0.6 is 0 Å². The second-order valence-corrected chi connectivity index (χ2v) is 7.33. The molecule has 0 radical (unpaired) electrons. The van der Waals surface area contributed by atoms with E-state index in [1.54, 1.807) is 19.3 Å². The summed E-state index contributed by atoms with van der Waals surface area (Å²) >= 11 is 0. The van der Waals surface area contributed by atoms with Gasteiger partial charge in [0.15, 0.2) is 0 Å². The van der Waals surface area contributed by atoms with E-state index < -0.39 is 0 Å². The van der Waals surface area contributed by atoms with Gasteiger partial charge in [-0.25, -0.2) is 0 Å². The zero-order valence-corrected chi connectivity index (χ0v) is 13.1. The molecule has 3 aliphatic rings. The van der Waals surface area contributed by atoms with Crippen LogP contribution in [0.5, 0.6) is 0 Å². The topological polar surface area (TPSA) is 0 Å². The molecular formula is C20H30. The summed E-state index contributed by atoms with van der Waals surface area (Å²) in [6, 6.07) is 11.0. The molecule has 0 spiro atoms. The Labute approximate surface area is 125 Å². The molecule has 1 aromatic carbocycles. The average molecular weight is 270 g/mol.